The largest absolute Gasteiger partial charge is 0.465 e. The van der Waals surface area contributed by atoms with Crippen LogP contribution in [0.1, 0.15) is 48.5 Å². The molecule has 0 bridgehead atoms. The van der Waals surface area contributed by atoms with Gasteiger partial charge in [-0.1, -0.05) is 27.7 Å². The lowest BCUT2D eigenvalue weighted by atomic mass is 10.4. The van der Waals surface area contributed by atoms with Gasteiger partial charge in [0.15, 0.2) is 0 Å². The summed E-state index contributed by atoms with van der Waals surface area (Å²) in [5, 5.41) is 0. The average molecular weight is 319 g/mol. The maximum Gasteiger partial charge on any atom is 0.320 e. The maximum atomic E-state index is 12.0. The van der Waals surface area contributed by atoms with Crippen LogP contribution in [0.2, 0.25) is 0 Å². The van der Waals surface area contributed by atoms with Gasteiger partial charge in [0.25, 0.3) is 0 Å². The van der Waals surface area contributed by atoms with Crippen LogP contribution in [0.4, 0.5) is 0 Å². The lowest BCUT2D eigenvalue weighted by Crippen LogP contribution is -2.43. The van der Waals surface area contributed by atoms with Gasteiger partial charge in [-0.15, -0.1) is 0 Å². The zero-order valence-corrected chi connectivity index (χ0v) is 15.8. The van der Waals surface area contributed by atoms with Crippen molar-refractivity contribution in [1.29, 1.82) is 0 Å². The number of hydrogen-bond acceptors (Lipinski definition) is 5. The van der Waals surface area contributed by atoms with Crippen molar-refractivity contribution in [2.45, 2.75) is 54.5 Å². The summed E-state index contributed by atoms with van der Waals surface area (Å²) in [5.74, 6) is -0.127. The summed E-state index contributed by atoms with van der Waals surface area (Å²) in [5.41, 5.74) is 0. The molecule has 5 nitrogen and oxygen atoms in total. The Morgan fingerprint density at radius 2 is 1.38 bits per heavy atom. The van der Waals surface area contributed by atoms with Gasteiger partial charge in [0.05, 0.1) is 6.61 Å². The Labute approximate surface area is 132 Å². The summed E-state index contributed by atoms with van der Waals surface area (Å²) >= 11 is 0. The molecule has 0 aromatic rings. The van der Waals surface area contributed by atoms with Crippen LogP contribution in [0.3, 0.4) is 0 Å². The van der Waals surface area contributed by atoms with Gasteiger partial charge in [-0.05, 0) is 20.8 Å². The van der Waals surface area contributed by atoms with Crippen LogP contribution in [0.5, 0.6) is 0 Å². The molecule has 0 saturated heterocycles. The molecule has 21 heavy (non-hydrogen) atoms. The third kappa shape index (κ3) is 6.60. The molecule has 0 aromatic carbocycles. The van der Waals surface area contributed by atoms with Crippen molar-refractivity contribution in [3.8, 4) is 0 Å². The van der Waals surface area contributed by atoms with E-state index < -0.39 is 8.37 Å². The third-order valence-electron chi connectivity index (χ3n) is 3.39. The van der Waals surface area contributed by atoms with Gasteiger partial charge < -0.3 is 4.74 Å². The summed E-state index contributed by atoms with van der Waals surface area (Å²) in [6, 6.07) is 0.307. The van der Waals surface area contributed by atoms with Gasteiger partial charge in [-0.25, -0.2) is 4.67 Å². The molecule has 0 aliphatic heterocycles. The molecule has 0 spiro atoms. The number of carbonyl (C=O) groups excluding carboxylic acids is 1. The summed E-state index contributed by atoms with van der Waals surface area (Å²) in [4.78, 5) is 12.0. The van der Waals surface area contributed by atoms with Crippen LogP contribution in [0.15, 0.2) is 0 Å². The zero-order chi connectivity index (χ0) is 16.4. The van der Waals surface area contributed by atoms with E-state index in [1.165, 1.54) is 0 Å². The van der Waals surface area contributed by atoms with Crippen molar-refractivity contribution in [3.05, 3.63) is 0 Å². The van der Waals surface area contributed by atoms with E-state index in [9.17, 15) is 4.79 Å². The fraction of sp³-hybridized carbons (Fsp3) is 0.933. The van der Waals surface area contributed by atoms with E-state index in [0.29, 0.717) is 19.2 Å². The molecule has 0 aliphatic carbocycles. The predicted molar refractivity (Wildman–Crippen MR) is 91.2 cm³/mol. The number of esters is 1. The molecule has 0 heterocycles. The Morgan fingerprint density at radius 1 is 0.952 bits per heavy atom. The van der Waals surface area contributed by atoms with Crippen molar-refractivity contribution in [1.82, 2.24) is 14.0 Å². The van der Waals surface area contributed by atoms with E-state index in [0.717, 1.165) is 26.2 Å². The molecule has 0 unspecified atom stereocenters. The monoisotopic (exact) mass is 319 g/mol. The van der Waals surface area contributed by atoms with E-state index in [4.69, 9.17) is 4.74 Å². The number of rotatable bonds is 11. The van der Waals surface area contributed by atoms with Crippen molar-refractivity contribution in [2.75, 3.05) is 39.3 Å². The first-order valence-electron chi connectivity index (χ1n) is 8.18. The molecule has 0 N–H and O–H groups in total. The van der Waals surface area contributed by atoms with Gasteiger partial charge in [-0.3, -0.25) is 14.1 Å². The summed E-state index contributed by atoms with van der Waals surface area (Å²) in [6.45, 7) is 19.7. The van der Waals surface area contributed by atoms with Crippen LogP contribution in [0, 0.1) is 0 Å². The molecular weight excluding hydrogens is 285 g/mol. The van der Waals surface area contributed by atoms with Gasteiger partial charge in [0, 0.05) is 32.2 Å². The van der Waals surface area contributed by atoms with Crippen LogP contribution in [-0.2, 0) is 9.53 Å². The number of hydrogen-bond donors (Lipinski definition) is 0. The van der Waals surface area contributed by atoms with E-state index in [1.54, 1.807) is 0 Å². The lowest BCUT2D eigenvalue weighted by Gasteiger charge is -2.45. The Bertz CT molecular complexity index is 270. The minimum absolute atomic E-state index is 0.127. The van der Waals surface area contributed by atoms with E-state index >= 15 is 0 Å². The maximum absolute atomic E-state index is 12.0. The first-order valence-corrected chi connectivity index (χ1v) is 9.38. The number of carbonyl (C=O) groups is 1. The summed E-state index contributed by atoms with van der Waals surface area (Å²) in [7, 11) is -0.635. The molecule has 0 aliphatic rings. The highest BCUT2D eigenvalue weighted by atomic mass is 31.2. The lowest BCUT2D eigenvalue weighted by molar-refractivity contribution is -0.143. The Morgan fingerprint density at radius 3 is 1.67 bits per heavy atom. The first kappa shape index (κ1) is 20.8. The highest BCUT2D eigenvalue weighted by Gasteiger charge is 2.32. The van der Waals surface area contributed by atoms with Gasteiger partial charge in [-0.2, -0.15) is 0 Å². The molecule has 0 atom stereocenters. The summed E-state index contributed by atoms with van der Waals surface area (Å²) in [6.07, 6.45) is 0. The zero-order valence-electron chi connectivity index (χ0n) is 14.9. The van der Waals surface area contributed by atoms with Crippen molar-refractivity contribution >= 4 is 14.3 Å². The molecular formula is C15H34N3O2P. The second-order valence-electron chi connectivity index (χ2n) is 5.04. The third-order valence-corrected chi connectivity index (χ3v) is 6.59. The minimum atomic E-state index is -0.635. The van der Waals surface area contributed by atoms with Gasteiger partial charge in [0.1, 0.15) is 14.9 Å². The Balaban J connectivity index is 5.31. The van der Waals surface area contributed by atoms with Crippen LogP contribution >= 0.6 is 8.37 Å². The second kappa shape index (κ2) is 11.4. The van der Waals surface area contributed by atoms with Crippen molar-refractivity contribution < 1.29 is 9.53 Å². The van der Waals surface area contributed by atoms with E-state index in [1.807, 2.05) is 6.92 Å². The number of ether oxygens (including phenoxy) is 1. The van der Waals surface area contributed by atoms with E-state index in [-0.39, 0.29) is 5.97 Å². The topological polar surface area (TPSA) is 36.0 Å². The fourth-order valence-corrected chi connectivity index (χ4v) is 4.92. The second-order valence-corrected chi connectivity index (χ2v) is 7.22. The Kier molecular flexibility index (Phi) is 11.2. The Hall–Kier alpha value is -0.220. The number of nitrogens with zero attached hydrogens (tertiary/aromatic N) is 3. The fourth-order valence-electron chi connectivity index (χ4n) is 2.25. The highest BCUT2D eigenvalue weighted by molar-refractivity contribution is 7.50. The summed E-state index contributed by atoms with van der Waals surface area (Å²) < 4.78 is 12.4. The molecule has 0 amide bonds. The molecule has 0 rings (SSSR count). The highest BCUT2D eigenvalue weighted by Crippen LogP contribution is 2.48. The predicted octanol–water partition coefficient (Wildman–Crippen LogP) is 3.17. The molecule has 0 saturated carbocycles. The molecule has 0 fully saturated rings. The quantitative estimate of drug-likeness (QED) is 0.432. The van der Waals surface area contributed by atoms with E-state index in [2.05, 4.69) is 55.6 Å². The molecule has 0 aromatic heterocycles. The smallest absolute Gasteiger partial charge is 0.320 e. The van der Waals surface area contributed by atoms with Crippen LogP contribution in [-0.4, -0.2) is 65.4 Å². The van der Waals surface area contributed by atoms with Crippen molar-refractivity contribution in [2.24, 2.45) is 0 Å². The van der Waals surface area contributed by atoms with Gasteiger partial charge >= 0.3 is 5.97 Å². The molecule has 126 valence electrons. The minimum Gasteiger partial charge on any atom is -0.465 e. The van der Waals surface area contributed by atoms with Gasteiger partial charge in [0.2, 0.25) is 0 Å². The standard InChI is InChI=1S/C15H34N3O2P/c1-8-16(9-2)21(17(10-3)11-4)18(14(6)7)13-15(19)20-12-5/h14H,8-13H2,1-7H3. The normalized spacial score (nSPS) is 12.2. The van der Waals surface area contributed by atoms with Crippen LogP contribution in [0.25, 0.3) is 0 Å². The van der Waals surface area contributed by atoms with Crippen molar-refractivity contribution in [3.63, 3.8) is 0 Å². The first-order chi connectivity index (χ1) is 9.96. The SMILES string of the molecule is CCOC(=O)CN(C(C)C)P(N(CC)CC)N(CC)CC. The molecule has 0 radical (unpaired) electrons. The average Bonchev–Trinajstić information content (AvgIpc) is 2.45. The molecule has 6 heteroatoms. The van der Waals surface area contributed by atoms with Crippen LogP contribution < -0.4 is 0 Å².